The number of pyridine rings is 1. The highest BCUT2D eigenvalue weighted by Gasteiger charge is 2.09. The lowest BCUT2D eigenvalue weighted by Gasteiger charge is -2.12. The Morgan fingerprint density at radius 1 is 1.33 bits per heavy atom. The molecule has 0 saturated carbocycles. The summed E-state index contributed by atoms with van der Waals surface area (Å²) in [7, 11) is 0. The highest BCUT2D eigenvalue weighted by molar-refractivity contribution is 5.23. The van der Waals surface area contributed by atoms with Gasteiger partial charge in [-0.25, -0.2) is 0 Å². The maximum absolute atomic E-state index is 9.97. The third-order valence-electron chi connectivity index (χ3n) is 2.75. The molecule has 0 amide bonds. The fourth-order valence-electron chi connectivity index (χ4n) is 1.78. The van der Waals surface area contributed by atoms with Crippen molar-refractivity contribution in [2.45, 2.75) is 52.1 Å². The van der Waals surface area contributed by atoms with Crippen LogP contribution in [0, 0.1) is 6.92 Å². The highest BCUT2D eigenvalue weighted by Crippen LogP contribution is 2.21. The lowest BCUT2D eigenvalue weighted by molar-refractivity contribution is 0.162. The van der Waals surface area contributed by atoms with Crippen molar-refractivity contribution >= 4 is 0 Å². The van der Waals surface area contributed by atoms with Gasteiger partial charge in [0.15, 0.2) is 0 Å². The standard InChI is InChI=1S/C13H21NO/c1-3-4-5-6-7-13(15)12-8-9-14-10-11(12)2/h8-10,13,15H,3-7H2,1-2H3. The minimum atomic E-state index is -0.315. The van der Waals surface area contributed by atoms with Crippen LogP contribution in [0.3, 0.4) is 0 Å². The molecule has 0 radical (unpaired) electrons. The average molecular weight is 207 g/mol. The molecule has 0 bridgehead atoms. The normalized spacial score (nSPS) is 12.7. The van der Waals surface area contributed by atoms with Crippen molar-refractivity contribution in [3.05, 3.63) is 29.6 Å². The summed E-state index contributed by atoms with van der Waals surface area (Å²) in [5.74, 6) is 0. The van der Waals surface area contributed by atoms with Crippen LogP contribution in [0.5, 0.6) is 0 Å². The summed E-state index contributed by atoms with van der Waals surface area (Å²) in [5.41, 5.74) is 2.11. The number of aryl methyl sites for hydroxylation is 1. The maximum Gasteiger partial charge on any atom is 0.0793 e. The Balaban J connectivity index is 2.40. The van der Waals surface area contributed by atoms with Crippen molar-refractivity contribution < 1.29 is 5.11 Å². The van der Waals surface area contributed by atoms with Crippen LogP contribution in [0.1, 0.15) is 56.3 Å². The summed E-state index contributed by atoms with van der Waals surface area (Å²) in [4.78, 5) is 4.03. The molecule has 1 aromatic rings. The minimum absolute atomic E-state index is 0.315. The molecule has 2 heteroatoms. The van der Waals surface area contributed by atoms with Gasteiger partial charge in [0, 0.05) is 12.4 Å². The molecule has 0 aromatic carbocycles. The maximum atomic E-state index is 9.97. The summed E-state index contributed by atoms with van der Waals surface area (Å²) in [6.07, 6.45) is 8.94. The first kappa shape index (κ1) is 12.2. The molecule has 1 atom stereocenters. The van der Waals surface area contributed by atoms with Crippen LogP contribution in [0.15, 0.2) is 18.5 Å². The summed E-state index contributed by atoms with van der Waals surface area (Å²) in [6.45, 7) is 4.20. The van der Waals surface area contributed by atoms with Gasteiger partial charge in [-0.2, -0.15) is 0 Å². The van der Waals surface area contributed by atoms with Crippen molar-refractivity contribution in [3.63, 3.8) is 0 Å². The van der Waals surface area contributed by atoms with Gasteiger partial charge < -0.3 is 5.11 Å². The van der Waals surface area contributed by atoms with E-state index in [1.807, 2.05) is 19.2 Å². The van der Waals surface area contributed by atoms with E-state index < -0.39 is 0 Å². The smallest absolute Gasteiger partial charge is 0.0793 e. The number of aromatic nitrogens is 1. The second kappa shape index (κ2) is 6.57. The zero-order valence-electron chi connectivity index (χ0n) is 9.74. The Kier molecular flexibility index (Phi) is 5.33. The van der Waals surface area contributed by atoms with Crippen molar-refractivity contribution in [2.75, 3.05) is 0 Å². The van der Waals surface area contributed by atoms with Gasteiger partial charge >= 0.3 is 0 Å². The van der Waals surface area contributed by atoms with E-state index in [1.165, 1.54) is 19.3 Å². The molecule has 0 aliphatic carbocycles. The van der Waals surface area contributed by atoms with Gasteiger partial charge in [-0.1, -0.05) is 32.6 Å². The molecule has 1 rings (SSSR count). The summed E-state index contributed by atoms with van der Waals surface area (Å²) < 4.78 is 0. The van der Waals surface area contributed by atoms with Crippen LogP contribution < -0.4 is 0 Å². The fraction of sp³-hybridized carbons (Fsp3) is 0.615. The molecular formula is C13H21NO. The molecule has 2 nitrogen and oxygen atoms in total. The molecular weight excluding hydrogens is 186 g/mol. The van der Waals surface area contributed by atoms with Gasteiger partial charge in [0.2, 0.25) is 0 Å². The van der Waals surface area contributed by atoms with Gasteiger partial charge in [-0.05, 0) is 30.5 Å². The van der Waals surface area contributed by atoms with Crippen LogP contribution >= 0.6 is 0 Å². The van der Waals surface area contributed by atoms with Gasteiger partial charge in [-0.15, -0.1) is 0 Å². The van der Waals surface area contributed by atoms with Crippen LogP contribution in [0.4, 0.5) is 0 Å². The molecule has 1 unspecified atom stereocenters. The minimum Gasteiger partial charge on any atom is -0.388 e. The molecule has 0 aliphatic heterocycles. The monoisotopic (exact) mass is 207 g/mol. The number of hydrogen-bond acceptors (Lipinski definition) is 2. The number of nitrogens with zero attached hydrogens (tertiary/aromatic N) is 1. The first-order chi connectivity index (χ1) is 7.25. The van der Waals surface area contributed by atoms with Gasteiger partial charge in [-0.3, -0.25) is 4.98 Å². The molecule has 1 N–H and O–H groups in total. The van der Waals surface area contributed by atoms with E-state index in [4.69, 9.17) is 0 Å². The van der Waals surface area contributed by atoms with E-state index in [-0.39, 0.29) is 6.10 Å². The van der Waals surface area contributed by atoms with E-state index in [1.54, 1.807) is 6.20 Å². The van der Waals surface area contributed by atoms with Crippen molar-refractivity contribution in [2.24, 2.45) is 0 Å². The summed E-state index contributed by atoms with van der Waals surface area (Å²) in [5, 5.41) is 9.97. The second-order valence-electron chi connectivity index (χ2n) is 4.10. The third-order valence-corrected chi connectivity index (χ3v) is 2.75. The third kappa shape index (κ3) is 4.00. The molecule has 0 spiro atoms. The highest BCUT2D eigenvalue weighted by atomic mass is 16.3. The lowest BCUT2D eigenvalue weighted by Crippen LogP contribution is -2.00. The molecule has 84 valence electrons. The molecule has 1 heterocycles. The number of unbranched alkanes of at least 4 members (excludes halogenated alkanes) is 3. The van der Waals surface area contributed by atoms with Crippen LogP contribution in [-0.4, -0.2) is 10.1 Å². The fourth-order valence-corrected chi connectivity index (χ4v) is 1.78. The Bertz CT molecular complexity index is 286. The zero-order valence-corrected chi connectivity index (χ0v) is 9.74. The predicted molar refractivity (Wildman–Crippen MR) is 62.7 cm³/mol. The van der Waals surface area contributed by atoms with Crippen LogP contribution in [-0.2, 0) is 0 Å². The Morgan fingerprint density at radius 3 is 2.80 bits per heavy atom. The molecule has 15 heavy (non-hydrogen) atoms. The van der Waals surface area contributed by atoms with Gasteiger partial charge in [0.25, 0.3) is 0 Å². The topological polar surface area (TPSA) is 33.1 Å². The van der Waals surface area contributed by atoms with E-state index >= 15 is 0 Å². The summed E-state index contributed by atoms with van der Waals surface area (Å²) >= 11 is 0. The molecule has 0 aliphatic rings. The van der Waals surface area contributed by atoms with E-state index in [9.17, 15) is 5.11 Å². The first-order valence-electron chi connectivity index (χ1n) is 5.84. The van der Waals surface area contributed by atoms with E-state index in [0.29, 0.717) is 0 Å². The quantitative estimate of drug-likeness (QED) is 0.725. The predicted octanol–water partition coefficient (Wildman–Crippen LogP) is 3.39. The van der Waals surface area contributed by atoms with E-state index in [2.05, 4.69) is 11.9 Å². The largest absolute Gasteiger partial charge is 0.388 e. The molecule has 0 saturated heterocycles. The van der Waals surface area contributed by atoms with Crippen molar-refractivity contribution in [1.82, 2.24) is 4.98 Å². The molecule has 1 aromatic heterocycles. The number of hydrogen-bond donors (Lipinski definition) is 1. The summed E-state index contributed by atoms with van der Waals surface area (Å²) in [6, 6.07) is 1.92. The Morgan fingerprint density at radius 2 is 2.13 bits per heavy atom. The SMILES string of the molecule is CCCCCCC(O)c1ccncc1C. The Labute approximate surface area is 92.4 Å². The number of aliphatic hydroxyl groups excluding tert-OH is 1. The van der Waals surface area contributed by atoms with Gasteiger partial charge in [0.1, 0.15) is 0 Å². The van der Waals surface area contributed by atoms with Gasteiger partial charge in [0.05, 0.1) is 6.10 Å². The lowest BCUT2D eigenvalue weighted by atomic mass is 10.0. The second-order valence-corrected chi connectivity index (χ2v) is 4.10. The zero-order chi connectivity index (χ0) is 11.1. The van der Waals surface area contributed by atoms with Crippen LogP contribution in [0.2, 0.25) is 0 Å². The molecule has 0 fully saturated rings. The van der Waals surface area contributed by atoms with Crippen molar-refractivity contribution in [3.8, 4) is 0 Å². The number of aliphatic hydroxyl groups is 1. The van der Waals surface area contributed by atoms with E-state index in [0.717, 1.165) is 24.0 Å². The number of rotatable bonds is 6. The Hall–Kier alpha value is -0.890. The van der Waals surface area contributed by atoms with Crippen LogP contribution in [0.25, 0.3) is 0 Å². The average Bonchev–Trinajstić information content (AvgIpc) is 2.25. The first-order valence-corrected chi connectivity index (χ1v) is 5.84. The van der Waals surface area contributed by atoms with Crippen molar-refractivity contribution in [1.29, 1.82) is 0 Å².